The third-order valence-corrected chi connectivity index (χ3v) is 11.3. The van der Waals surface area contributed by atoms with Gasteiger partial charge in [0.15, 0.2) is 0 Å². The van der Waals surface area contributed by atoms with Gasteiger partial charge < -0.3 is 4.57 Å². The summed E-state index contributed by atoms with van der Waals surface area (Å²) in [6, 6.07) is 61.1. The molecule has 0 N–H and O–H groups in total. The molecule has 0 saturated heterocycles. The Morgan fingerprint density at radius 1 is 0.446 bits per heavy atom. The van der Waals surface area contributed by atoms with Crippen molar-refractivity contribution < 1.29 is 0 Å². The Kier molecular flexibility index (Phi) is 7.59. The van der Waals surface area contributed by atoms with Crippen LogP contribution in [0.5, 0.6) is 0 Å². The highest BCUT2D eigenvalue weighted by Crippen LogP contribution is 2.39. The highest BCUT2D eigenvalue weighted by Gasteiger charge is 2.19. The predicted molar refractivity (Wildman–Crippen MR) is 233 cm³/mol. The van der Waals surface area contributed by atoms with Crippen molar-refractivity contribution in [2.45, 2.75) is 12.3 Å². The Labute approximate surface area is 325 Å². The van der Waals surface area contributed by atoms with E-state index >= 15 is 0 Å². The second-order valence-electron chi connectivity index (χ2n) is 14.6. The number of hydrogen-bond acceptors (Lipinski definition) is 2. The summed E-state index contributed by atoms with van der Waals surface area (Å²) in [4.78, 5) is 10.2. The average molecular weight is 717 g/mol. The molecule has 0 radical (unpaired) electrons. The van der Waals surface area contributed by atoms with Crippen LogP contribution < -0.4 is 0 Å². The number of para-hydroxylation sites is 3. The standard InChI is InChI=1S/C52H36N4/c1-4-14-35(15-5-1)39-30-40(36-16-6-2-7-17-36)32-41(31-39)47-28-29-53-52(54-47)56-49-23-13-11-21-44(49)46-34-38(25-27-51(46)56)37-24-26-50-45(33-37)43-20-10-12-22-48(43)55(50)42-18-8-3-9-19-42/h1-16,18-34,36H,17H2. The van der Waals surface area contributed by atoms with Gasteiger partial charge in [-0.3, -0.25) is 4.57 Å². The van der Waals surface area contributed by atoms with E-state index in [9.17, 15) is 0 Å². The Bertz CT molecular complexity index is 3170. The number of aromatic nitrogens is 4. The SMILES string of the molecule is C1=CCC(c2cc(-c3ccccc3)cc(-c3ccnc(-n4c5ccccc5c5cc(-c6ccc7c(c6)c6ccccc6n7-c6ccccc6)ccc54)n3)c2)C=C1. The number of hydrogen-bond donors (Lipinski definition) is 0. The largest absolute Gasteiger partial charge is 0.309 e. The molecule has 264 valence electrons. The fourth-order valence-corrected chi connectivity index (χ4v) is 8.63. The van der Waals surface area contributed by atoms with Crippen LogP contribution in [0, 0.1) is 0 Å². The third-order valence-electron chi connectivity index (χ3n) is 11.3. The Morgan fingerprint density at radius 2 is 1.05 bits per heavy atom. The molecule has 4 nitrogen and oxygen atoms in total. The third kappa shape index (κ3) is 5.38. The Balaban J connectivity index is 1.04. The van der Waals surface area contributed by atoms with Crippen LogP contribution in [0.4, 0.5) is 0 Å². The summed E-state index contributed by atoms with van der Waals surface area (Å²) in [6.07, 6.45) is 11.7. The lowest BCUT2D eigenvalue weighted by atomic mass is 9.88. The number of allylic oxidation sites excluding steroid dienone is 4. The number of fused-ring (bicyclic) bond motifs is 6. The first kappa shape index (κ1) is 32.2. The van der Waals surface area contributed by atoms with Gasteiger partial charge in [0.2, 0.25) is 5.95 Å². The minimum atomic E-state index is 0.318. The van der Waals surface area contributed by atoms with Crippen molar-refractivity contribution in [2.75, 3.05) is 0 Å². The molecule has 0 amide bonds. The summed E-state index contributed by atoms with van der Waals surface area (Å²) < 4.78 is 4.58. The topological polar surface area (TPSA) is 35.6 Å². The van der Waals surface area contributed by atoms with Crippen LogP contribution in [0.25, 0.3) is 88.8 Å². The number of nitrogens with zero attached hydrogens (tertiary/aromatic N) is 4. The van der Waals surface area contributed by atoms with Gasteiger partial charge in [0.25, 0.3) is 0 Å². The molecule has 11 rings (SSSR count). The van der Waals surface area contributed by atoms with E-state index in [1.807, 2.05) is 12.3 Å². The summed E-state index contributed by atoms with van der Waals surface area (Å²) in [6.45, 7) is 0. The fraction of sp³-hybridized carbons (Fsp3) is 0.0385. The van der Waals surface area contributed by atoms with Crippen molar-refractivity contribution in [3.63, 3.8) is 0 Å². The molecule has 3 heterocycles. The minimum Gasteiger partial charge on any atom is -0.309 e. The molecule has 1 atom stereocenters. The lowest BCUT2D eigenvalue weighted by Crippen LogP contribution is -2.02. The zero-order valence-corrected chi connectivity index (χ0v) is 30.6. The van der Waals surface area contributed by atoms with Crippen LogP contribution in [0.1, 0.15) is 17.9 Å². The van der Waals surface area contributed by atoms with Gasteiger partial charge in [-0.15, -0.1) is 0 Å². The maximum absolute atomic E-state index is 5.30. The van der Waals surface area contributed by atoms with E-state index in [-0.39, 0.29) is 0 Å². The van der Waals surface area contributed by atoms with E-state index in [0.29, 0.717) is 11.9 Å². The number of benzene rings is 7. The molecule has 56 heavy (non-hydrogen) atoms. The van der Waals surface area contributed by atoms with Gasteiger partial charge in [-0.2, -0.15) is 0 Å². The summed E-state index contributed by atoms with van der Waals surface area (Å²) in [5.74, 6) is 0.974. The highest BCUT2D eigenvalue weighted by molar-refractivity contribution is 6.12. The van der Waals surface area contributed by atoms with Gasteiger partial charge >= 0.3 is 0 Å². The molecule has 0 spiro atoms. The Morgan fingerprint density at radius 3 is 1.75 bits per heavy atom. The lowest BCUT2D eigenvalue weighted by Gasteiger charge is -2.17. The molecule has 0 aliphatic heterocycles. The summed E-state index contributed by atoms with van der Waals surface area (Å²) in [7, 11) is 0. The van der Waals surface area contributed by atoms with Gasteiger partial charge in [0.1, 0.15) is 0 Å². The summed E-state index contributed by atoms with van der Waals surface area (Å²) >= 11 is 0. The van der Waals surface area contributed by atoms with Crippen LogP contribution in [-0.4, -0.2) is 19.1 Å². The van der Waals surface area contributed by atoms with Crippen molar-refractivity contribution in [1.82, 2.24) is 19.1 Å². The lowest BCUT2D eigenvalue weighted by molar-refractivity contribution is 0.854. The van der Waals surface area contributed by atoms with E-state index in [4.69, 9.17) is 9.97 Å². The quantitative estimate of drug-likeness (QED) is 0.172. The first-order valence-corrected chi connectivity index (χ1v) is 19.3. The Hall–Kier alpha value is -7.30. The summed E-state index contributed by atoms with van der Waals surface area (Å²) in [5, 5.41) is 4.83. The predicted octanol–water partition coefficient (Wildman–Crippen LogP) is 13.3. The minimum absolute atomic E-state index is 0.318. The second kappa shape index (κ2) is 13.2. The molecule has 0 bridgehead atoms. The molecule has 1 aliphatic carbocycles. The molecule has 0 fully saturated rings. The zero-order valence-electron chi connectivity index (χ0n) is 30.6. The average Bonchev–Trinajstić information content (AvgIpc) is 3.79. The van der Waals surface area contributed by atoms with Crippen molar-refractivity contribution in [3.8, 4) is 45.1 Å². The summed E-state index contributed by atoms with van der Waals surface area (Å²) in [5.41, 5.74) is 13.7. The molecule has 1 unspecified atom stereocenters. The van der Waals surface area contributed by atoms with Crippen LogP contribution in [0.15, 0.2) is 200 Å². The number of rotatable bonds is 6. The van der Waals surface area contributed by atoms with Gasteiger partial charge in [-0.25, -0.2) is 9.97 Å². The normalized spacial score (nSPS) is 14.0. The van der Waals surface area contributed by atoms with Gasteiger partial charge in [0.05, 0.1) is 27.8 Å². The molecular weight excluding hydrogens is 681 g/mol. The zero-order chi connectivity index (χ0) is 37.0. The van der Waals surface area contributed by atoms with Crippen molar-refractivity contribution in [2.24, 2.45) is 0 Å². The monoisotopic (exact) mass is 716 g/mol. The van der Waals surface area contributed by atoms with Crippen LogP contribution in [-0.2, 0) is 0 Å². The molecular formula is C52H36N4. The maximum atomic E-state index is 5.30. The van der Waals surface area contributed by atoms with Crippen LogP contribution in [0.2, 0.25) is 0 Å². The smallest absolute Gasteiger partial charge is 0.235 e. The molecule has 1 aliphatic rings. The first-order chi connectivity index (χ1) is 27.8. The van der Waals surface area contributed by atoms with Crippen molar-refractivity contribution >= 4 is 43.6 Å². The van der Waals surface area contributed by atoms with Gasteiger partial charge in [-0.05, 0) is 101 Å². The maximum Gasteiger partial charge on any atom is 0.235 e. The molecule has 7 aromatic carbocycles. The second-order valence-corrected chi connectivity index (χ2v) is 14.6. The molecule has 4 heteroatoms. The van der Waals surface area contributed by atoms with E-state index in [1.54, 1.807) is 0 Å². The van der Waals surface area contributed by atoms with E-state index in [0.717, 1.165) is 34.4 Å². The molecule has 10 aromatic rings. The van der Waals surface area contributed by atoms with Crippen LogP contribution >= 0.6 is 0 Å². The van der Waals surface area contributed by atoms with Gasteiger partial charge in [0, 0.05) is 44.9 Å². The fourth-order valence-electron chi connectivity index (χ4n) is 8.63. The van der Waals surface area contributed by atoms with E-state index in [2.05, 4.69) is 197 Å². The first-order valence-electron chi connectivity index (χ1n) is 19.3. The van der Waals surface area contributed by atoms with E-state index in [1.165, 1.54) is 60.4 Å². The van der Waals surface area contributed by atoms with E-state index < -0.39 is 0 Å². The van der Waals surface area contributed by atoms with Crippen molar-refractivity contribution in [3.05, 3.63) is 206 Å². The van der Waals surface area contributed by atoms with Crippen molar-refractivity contribution in [1.29, 1.82) is 0 Å². The van der Waals surface area contributed by atoms with Gasteiger partial charge in [-0.1, -0.05) is 127 Å². The highest BCUT2D eigenvalue weighted by atomic mass is 15.2. The molecule has 3 aromatic heterocycles. The molecule has 0 saturated carbocycles. The van der Waals surface area contributed by atoms with Crippen LogP contribution in [0.3, 0.4) is 0 Å².